The number of nitrogens with one attached hydrogen (secondary N) is 1. The molecule has 0 spiro atoms. The molecular weight excluding hydrogens is 341 g/mol. The van der Waals surface area contributed by atoms with Gasteiger partial charge in [0.05, 0.1) is 0 Å². The molecule has 0 saturated heterocycles. The zero-order valence-corrected chi connectivity index (χ0v) is 15.0. The van der Waals surface area contributed by atoms with Crippen molar-refractivity contribution in [2.24, 2.45) is 0 Å². The summed E-state index contributed by atoms with van der Waals surface area (Å²) in [6.07, 6.45) is 1.57. The van der Waals surface area contributed by atoms with Crippen LogP contribution >= 0.6 is 0 Å². The van der Waals surface area contributed by atoms with E-state index in [0.29, 0.717) is 5.69 Å². The monoisotopic (exact) mass is 359 g/mol. The van der Waals surface area contributed by atoms with Crippen molar-refractivity contribution in [2.75, 3.05) is 5.32 Å². The molecule has 3 rings (SSSR count). The summed E-state index contributed by atoms with van der Waals surface area (Å²) in [6.45, 7) is 3.92. The van der Waals surface area contributed by atoms with Crippen molar-refractivity contribution in [3.05, 3.63) is 89.0 Å². The Morgan fingerprint density at radius 1 is 1.11 bits per heavy atom. The highest BCUT2D eigenvalue weighted by Gasteiger charge is 2.14. The van der Waals surface area contributed by atoms with E-state index in [9.17, 15) is 14.4 Å². The van der Waals surface area contributed by atoms with E-state index in [1.54, 1.807) is 6.08 Å². The zero-order valence-electron chi connectivity index (χ0n) is 15.0. The fraction of sp³-hybridized carbons (Fsp3) is 0.0909. The highest BCUT2D eigenvalue weighted by Crippen LogP contribution is 2.23. The Morgan fingerprint density at radius 2 is 1.78 bits per heavy atom. The van der Waals surface area contributed by atoms with Crippen molar-refractivity contribution >= 4 is 17.7 Å². The number of anilines is 1. The Balaban J connectivity index is 1.91. The molecule has 0 aliphatic carbocycles. The van der Waals surface area contributed by atoms with E-state index in [0.717, 1.165) is 22.6 Å². The van der Waals surface area contributed by atoms with Gasteiger partial charge in [-0.25, -0.2) is 4.39 Å². The van der Waals surface area contributed by atoms with Crippen molar-refractivity contribution in [1.82, 2.24) is 4.57 Å². The molecule has 3 aromatic rings. The van der Waals surface area contributed by atoms with Gasteiger partial charge in [0, 0.05) is 22.8 Å². The van der Waals surface area contributed by atoms with Crippen LogP contribution in [-0.4, -0.2) is 10.5 Å². The largest absolute Gasteiger partial charge is 0.321 e. The van der Waals surface area contributed by atoms with E-state index in [4.69, 9.17) is 0 Å². The number of rotatable bonds is 4. The third-order valence-corrected chi connectivity index (χ3v) is 4.25. The molecule has 0 unspecified atom stereocenters. The topological polar surface area (TPSA) is 57.8 Å². The van der Waals surface area contributed by atoms with Gasteiger partial charge in [-0.1, -0.05) is 18.2 Å². The first-order chi connectivity index (χ1) is 13.0. The number of aromatic nitrogens is 1. The second-order valence-electron chi connectivity index (χ2n) is 6.13. The van der Waals surface area contributed by atoms with Crippen molar-refractivity contribution in [3.63, 3.8) is 0 Å². The maximum absolute atomic E-state index is 13.0. The van der Waals surface area contributed by atoms with Crippen molar-refractivity contribution in [3.8, 4) is 11.8 Å². The van der Waals surface area contributed by atoms with Crippen LogP contribution in [-0.2, 0) is 4.79 Å². The maximum atomic E-state index is 13.0. The molecule has 0 aliphatic heterocycles. The molecule has 27 heavy (non-hydrogen) atoms. The minimum atomic E-state index is -0.534. The second-order valence-corrected chi connectivity index (χ2v) is 6.13. The fourth-order valence-corrected chi connectivity index (χ4v) is 2.94. The number of nitrogens with zero attached hydrogens (tertiary/aromatic N) is 2. The van der Waals surface area contributed by atoms with Gasteiger partial charge in [-0.2, -0.15) is 5.26 Å². The van der Waals surface area contributed by atoms with Crippen molar-refractivity contribution < 1.29 is 9.18 Å². The van der Waals surface area contributed by atoms with E-state index in [1.807, 2.05) is 56.3 Å². The average molecular weight is 359 g/mol. The Hall–Kier alpha value is -3.65. The summed E-state index contributed by atoms with van der Waals surface area (Å²) in [5.74, 6) is -0.925. The molecule has 2 aromatic carbocycles. The number of benzene rings is 2. The number of hydrogen-bond donors (Lipinski definition) is 1. The predicted molar refractivity (Wildman–Crippen MR) is 104 cm³/mol. The quantitative estimate of drug-likeness (QED) is 0.538. The van der Waals surface area contributed by atoms with E-state index >= 15 is 0 Å². The SMILES string of the molecule is Cc1cc(/C=C(/C#N)C(=O)Nc2ccc(F)cc2)c(C)n1-c1ccccc1. The minimum absolute atomic E-state index is 0.0207. The first-order valence-corrected chi connectivity index (χ1v) is 8.42. The Kier molecular flexibility index (Phi) is 5.18. The molecule has 1 amide bonds. The number of para-hydroxylation sites is 1. The summed E-state index contributed by atoms with van der Waals surface area (Å²) in [6, 6.07) is 19.1. The Labute approximate surface area is 157 Å². The van der Waals surface area contributed by atoms with Crippen LogP contribution in [0.4, 0.5) is 10.1 Å². The molecule has 0 fully saturated rings. The Bertz CT molecular complexity index is 1040. The van der Waals surface area contributed by atoms with Crippen LogP contribution in [0.2, 0.25) is 0 Å². The van der Waals surface area contributed by atoms with Gasteiger partial charge in [0.25, 0.3) is 5.91 Å². The van der Waals surface area contributed by atoms with Gasteiger partial charge in [0.15, 0.2) is 0 Å². The van der Waals surface area contributed by atoms with E-state index in [-0.39, 0.29) is 5.57 Å². The summed E-state index contributed by atoms with van der Waals surface area (Å²) in [5, 5.41) is 12.0. The standard InChI is InChI=1S/C22H18FN3O/c1-15-12-17(16(2)26(15)21-6-4-3-5-7-21)13-18(14-24)22(27)25-20-10-8-19(23)9-11-20/h3-13H,1-2H3,(H,25,27)/b18-13-. The number of amides is 1. The molecule has 134 valence electrons. The molecule has 1 heterocycles. The van der Waals surface area contributed by atoms with Crippen LogP contribution in [0.15, 0.2) is 66.2 Å². The molecule has 0 aliphatic rings. The van der Waals surface area contributed by atoms with Crippen LogP contribution < -0.4 is 5.32 Å². The number of halogens is 1. The first kappa shape index (κ1) is 18.2. The highest BCUT2D eigenvalue weighted by molar-refractivity contribution is 6.09. The molecule has 1 aromatic heterocycles. The molecule has 5 heteroatoms. The van der Waals surface area contributed by atoms with Gasteiger partial charge in [-0.3, -0.25) is 4.79 Å². The van der Waals surface area contributed by atoms with Gasteiger partial charge in [-0.15, -0.1) is 0 Å². The molecule has 4 nitrogen and oxygen atoms in total. The van der Waals surface area contributed by atoms with Crippen molar-refractivity contribution in [1.29, 1.82) is 5.26 Å². The molecule has 0 atom stereocenters. The van der Waals surface area contributed by atoms with Crippen LogP contribution in [0.3, 0.4) is 0 Å². The smallest absolute Gasteiger partial charge is 0.266 e. The molecule has 0 saturated carbocycles. The maximum Gasteiger partial charge on any atom is 0.266 e. The fourth-order valence-electron chi connectivity index (χ4n) is 2.94. The number of carbonyl (C=O) groups excluding carboxylic acids is 1. The number of carbonyl (C=O) groups is 1. The number of aryl methyl sites for hydroxylation is 1. The van der Waals surface area contributed by atoms with E-state index in [1.165, 1.54) is 24.3 Å². The van der Waals surface area contributed by atoms with Crippen LogP contribution in [0.1, 0.15) is 17.0 Å². The lowest BCUT2D eigenvalue weighted by Crippen LogP contribution is -2.13. The Morgan fingerprint density at radius 3 is 2.41 bits per heavy atom. The molecule has 0 bridgehead atoms. The summed E-state index contributed by atoms with van der Waals surface area (Å²) in [5.41, 5.74) is 4.15. The van der Waals surface area contributed by atoms with E-state index < -0.39 is 11.7 Å². The number of nitriles is 1. The summed E-state index contributed by atoms with van der Waals surface area (Å²) >= 11 is 0. The predicted octanol–water partition coefficient (Wildman–Crippen LogP) is 4.78. The second kappa shape index (κ2) is 7.71. The zero-order chi connectivity index (χ0) is 19.4. The van der Waals surface area contributed by atoms with Gasteiger partial charge in [0.1, 0.15) is 17.5 Å². The number of hydrogen-bond acceptors (Lipinski definition) is 2. The van der Waals surface area contributed by atoms with Crippen LogP contribution in [0.25, 0.3) is 11.8 Å². The lowest BCUT2D eigenvalue weighted by molar-refractivity contribution is -0.112. The first-order valence-electron chi connectivity index (χ1n) is 8.42. The van der Waals surface area contributed by atoms with Gasteiger partial charge < -0.3 is 9.88 Å². The molecular formula is C22H18FN3O. The summed E-state index contributed by atoms with van der Waals surface area (Å²) in [7, 11) is 0. The lowest BCUT2D eigenvalue weighted by atomic mass is 10.1. The van der Waals surface area contributed by atoms with Gasteiger partial charge in [0.2, 0.25) is 0 Å². The lowest BCUT2D eigenvalue weighted by Gasteiger charge is -2.09. The normalized spacial score (nSPS) is 11.1. The van der Waals surface area contributed by atoms with E-state index in [2.05, 4.69) is 9.88 Å². The molecule has 1 N–H and O–H groups in total. The minimum Gasteiger partial charge on any atom is -0.321 e. The van der Waals surface area contributed by atoms with Gasteiger partial charge >= 0.3 is 0 Å². The van der Waals surface area contributed by atoms with Gasteiger partial charge in [-0.05, 0) is 68.0 Å². The molecule has 0 radical (unpaired) electrons. The van der Waals surface area contributed by atoms with Crippen LogP contribution in [0, 0.1) is 31.0 Å². The third-order valence-electron chi connectivity index (χ3n) is 4.25. The average Bonchev–Trinajstić information content (AvgIpc) is 2.95. The highest BCUT2D eigenvalue weighted by atomic mass is 19.1. The van der Waals surface area contributed by atoms with Crippen molar-refractivity contribution in [2.45, 2.75) is 13.8 Å². The summed E-state index contributed by atoms with van der Waals surface area (Å²) < 4.78 is 15.1. The summed E-state index contributed by atoms with van der Waals surface area (Å²) in [4.78, 5) is 12.4. The third kappa shape index (κ3) is 3.96. The van der Waals surface area contributed by atoms with Crippen LogP contribution in [0.5, 0.6) is 0 Å².